The van der Waals surface area contributed by atoms with Crippen LogP contribution >= 0.6 is 0 Å². The zero-order valence-corrected chi connectivity index (χ0v) is 14.6. The Morgan fingerprint density at radius 1 is 1.56 bits per heavy atom. The number of benzene rings is 1. The minimum atomic E-state index is -0.748. The lowest BCUT2D eigenvalue weighted by molar-refractivity contribution is -0.159. The van der Waals surface area contributed by atoms with Gasteiger partial charge in [-0.15, -0.1) is 0 Å². The van der Waals surface area contributed by atoms with Crippen molar-refractivity contribution in [2.75, 3.05) is 6.61 Å². The molecule has 5 nitrogen and oxygen atoms in total. The summed E-state index contributed by atoms with van der Waals surface area (Å²) in [4.78, 5) is 17.1. The van der Waals surface area contributed by atoms with Gasteiger partial charge in [-0.1, -0.05) is 24.2 Å². The number of nitriles is 1. The standard InChI is InChI=1S/C19H19BN2O3/c1-12(2)24-10-19(4)8-16-17(18(23)25-19)20(11-22-16)15-6-5-14(9-21)13(3)7-15/h5-7,11H,1,8,10H2,2-4H3. The Kier molecular flexibility index (Phi) is 4.26. The van der Waals surface area contributed by atoms with E-state index in [-0.39, 0.29) is 19.3 Å². The van der Waals surface area contributed by atoms with Crippen molar-refractivity contribution in [3.8, 4) is 6.07 Å². The van der Waals surface area contributed by atoms with E-state index >= 15 is 0 Å². The van der Waals surface area contributed by atoms with Gasteiger partial charge in [0.1, 0.15) is 12.2 Å². The third kappa shape index (κ3) is 3.23. The number of aliphatic imine (C=N–C) groups is 1. The minimum Gasteiger partial charge on any atom is -0.495 e. The molecule has 0 saturated heterocycles. The Balaban J connectivity index is 1.88. The van der Waals surface area contributed by atoms with E-state index < -0.39 is 5.60 Å². The van der Waals surface area contributed by atoms with Crippen LogP contribution in [-0.4, -0.2) is 31.0 Å². The van der Waals surface area contributed by atoms with Crippen molar-refractivity contribution in [3.63, 3.8) is 0 Å². The molecule has 0 spiro atoms. The van der Waals surface area contributed by atoms with Gasteiger partial charge in [0, 0.05) is 17.6 Å². The number of carbonyl (C=O) groups excluding carboxylic acids is 1. The van der Waals surface area contributed by atoms with Crippen LogP contribution in [0.4, 0.5) is 0 Å². The molecular weight excluding hydrogens is 315 g/mol. The average Bonchev–Trinajstić information content (AvgIpc) is 2.97. The first-order valence-corrected chi connectivity index (χ1v) is 8.12. The molecule has 3 rings (SSSR count). The molecule has 25 heavy (non-hydrogen) atoms. The summed E-state index contributed by atoms with van der Waals surface area (Å²) >= 11 is 0. The van der Waals surface area contributed by atoms with Crippen LogP contribution in [0, 0.1) is 18.3 Å². The number of aryl methyl sites for hydroxylation is 1. The number of cyclic esters (lactones) is 1. The molecular formula is C19H19BN2O3. The third-order valence-electron chi connectivity index (χ3n) is 4.46. The number of allylic oxidation sites excluding steroid dienone is 1. The van der Waals surface area contributed by atoms with Gasteiger partial charge in [0.2, 0.25) is 0 Å². The molecule has 0 aliphatic carbocycles. The molecule has 0 radical (unpaired) electrons. The summed E-state index contributed by atoms with van der Waals surface area (Å²) in [6.45, 7) is 9.20. The highest BCUT2D eigenvalue weighted by Crippen LogP contribution is 2.34. The van der Waals surface area contributed by atoms with E-state index in [0.29, 0.717) is 23.2 Å². The van der Waals surface area contributed by atoms with Crippen LogP contribution in [0.5, 0.6) is 0 Å². The summed E-state index contributed by atoms with van der Waals surface area (Å²) in [5, 5.41) is 9.07. The van der Waals surface area contributed by atoms with Gasteiger partial charge in [0.15, 0.2) is 0 Å². The zero-order valence-electron chi connectivity index (χ0n) is 14.6. The van der Waals surface area contributed by atoms with Crippen molar-refractivity contribution >= 4 is 24.3 Å². The third-order valence-corrected chi connectivity index (χ3v) is 4.46. The van der Waals surface area contributed by atoms with Gasteiger partial charge in [-0.05, 0) is 38.5 Å². The molecule has 0 aromatic heterocycles. The largest absolute Gasteiger partial charge is 0.495 e. The highest BCUT2D eigenvalue weighted by atomic mass is 16.6. The number of ether oxygens (including phenoxy) is 2. The number of esters is 1. The molecule has 0 amide bonds. The van der Waals surface area contributed by atoms with Crippen LogP contribution in [0.25, 0.3) is 0 Å². The highest BCUT2D eigenvalue weighted by molar-refractivity contribution is 7.04. The van der Waals surface area contributed by atoms with Gasteiger partial charge in [-0.3, -0.25) is 4.99 Å². The van der Waals surface area contributed by atoms with Gasteiger partial charge in [0.25, 0.3) is 6.71 Å². The Bertz CT molecular complexity index is 866. The van der Waals surface area contributed by atoms with E-state index in [2.05, 4.69) is 17.6 Å². The van der Waals surface area contributed by atoms with Crippen LogP contribution in [0.3, 0.4) is 0 Å². The van der Waals surface area contributed by atoms with E-state index in [1.165, 1.54) is 0 Å². The maximum Gasteiger partial charge on any atom is 0.328 e. The van der Waals surface area contributed by atoms with E-state index in [9.17, 15) is 4.79 Å². The summed E-state index contributed by atoms with van der Waals surface area (Å²) in [6, 6.07) is 7.72. The predicted molar refractivity (Wildman–Crippen MR) is 96.7 cm³/mol. The molecule has 0 N–H and O–H groups in total. The second-order valence-corrected chi connectivity index (χ2v) is 6.81. The van der Waals surface area contributed by atoms with Crippen LogP contribution in [0.1, 0.15) is 31.4 Å². The van der Waals surface area contributed by atoms with E-state index in [1.54, 1.807) is 19.1 Å². The van der Waals surface area contributed by atoms with Crippen molar-refractivity contribution in [1.29, 1.82) is 5.26 Å². The lowest BCUT2D eigenvalue weighted by Crippen LogP contribution is -2.45. The minimum absolute atomic E-state index is 0.236. The number of nitrogens with zero attached hydrogens (tertiary/aromatic N) is 2. The van der Waals surface area contributed by atoms with E-state index in [0.717, 1.165) is 16.7 Å². The topological polar surface area (TPSA) is 71.7 Å². The second kappa shape index (κ2) is 6.25. The molecule has 6 heteroatoms. The lowest BCUT2D eigenvalue weighted by Gasteiger charge is -2.34. The van der Waals surface area contributed by atoms with E-state index in [4.69, 9.17) is 14.7 Å². The molecule has 1 aromatic rings. The number of hydrogen-bond donors (Lipinski definition) is 0. The van der Waals surface area contributed by atoms with Crippen molar-refractivity contribution < 1.29 is 14.3 Å². The van der Waals surface area contributed by atoms with Gasteiger partial charge in [-0.2, -0.15) is 5.26 Å². The fraction of sp³-hybridized carbons (Fsp3) is 0.316. The van der Waals surface area contributed by atoms with Crippen molar-refractivity contribution in [1.82, 2.24) is 0 Å². The molecule has 2 aliphatic rings. The van der Waals surface area contributed by atoms with Crippen molar-refractivity contribution in [2.24, 2.45) is 4.99 Å². The summed E-state index contributed by atoms with van der Waals surface area (Å²) in [7, 11) is 0. The molecule has 0 fully saturated rings. The molecule has 0 bridgehead atoms. The van der Waals surface area contributed by atoms with Crippen LogP contribution in [-0.2, 0) is 14.3 Å². The smallest absolute Gasteiger partial charge is 0.328 e. The van der Waals surface area contributed by atoms with Gasteiger partial charge < -0.3 is 9.47 Å². The quantitative estimate of drug-likeness (QED) is 0.481. The monoisotopic (exact) mass is 334 g/mol. The van der Waals surface area contributed by atoms with Crippen molar-refractivity contribution in [2.45, 2.75) is 32.8 Å². The van der Waals surface area contributed by atoms with E-state index in [1.807, 2.05) is 26.0 Å². The number of carbonyl (C=O) groups is 1. The van der Waals surface area contributed by atoms with Crippen LogP contribution in [0.2, 0.25) is 0 Å². The molecule has 0 saturated carbocycles. The fourth-order valence-corrected chi connectivity index (χ4v) is 3.16. The first kappa shape index (κ1) is 17.0. The van der Waals surface area contributed by atoms with Gasteiger partial charge >= 0.3 is 5.97 Å². The number of rotatable bonds is 4. The molecule has 2 aliphatic heterocycles. The first-order chi connectivity index (χ1) is 11.8. The maximum absolute atomic E-state index is 12.6. The highest BCUT2D eigenvalue weighted by Gasteiger charge is 2.44. The normalized spacial score (nSPS) is 21.7. The fourth-order valence-electron chi connectivity index (χ4n) is 3.16. The SMILES string of the molecule is C=C(C)OCC1(C)CC2=C(B(c3ccc(C#N)c(C)c3)C=N2)C(=O)O1. The molecule has 2 heterocycles. The van der Waals surface area contributed by atoms with Crippen LogP contribution < -0.4 is 5.46 Å². The summed E-state index contributed by atoms with van der Waals surface area (Å²) < 4.78 is 11.1. The van der Waals surface area contributed by atoms with Crippen LogP contribution in [0.15, 0.2) is 46.7 Å². The summed E-state index contributed by atoms with van der Waals surface area (Å²) in [5.41, 5.74) is 3.02. The first-order valence-electron chi connectivity index (χ1n) is 8.12. The Morgan fingerprint density at radius 2 is 2.32 bits per heavy atom. The summed E-state index contributed by atoms with van der Waals surface area (Å²) in [6.07, 6.45) is 2.28. The molecule has 1 aromatic carbocycles. The molecule has 1 unspecified atom stereocenters. The summed E-state index contributed by atoms with van der Waals surface area (Å²) in [5.74, 6) is 0.219. The maximum atomic E-state index is 12.6. The van der Waals surface area contributed by atoms with Gasteiger partial charge in [0.05, 0.1) is 17.4 Å². The Hall–Kier alpha value is -2.81. The Morgan fingerprint density at radius 3 is 2.96 bits per heavy atom. The lowest BCUT2D eigenvalue weighted by atomic mass is 9.41. The predicted octanol–water partition coefficient (Wildman–Crippen LogP) is 2.24. The van der Waals surface area contributed by atoms with Crippen molar-refractivity contribution in [3.05, 3.63) is 52.8 Å². The molecule has 1 atom stereocenters. The average molecular weight is 334 g/mol. The number of hydrogen-bond acceptors (Lipinski definition) is 5. The van der Waals surface area contributed by atoms with Gasteiger partial charge in [-0.25, -0.2) is 4.79 Å². The zero-order chi connectivity index (χ0) is 18.2. The Labute approximate surface area is 147 Å². The second-order valence-electron chi connectivity index (χ2n) is 6.81. The molecule has 126 valence electrons.